The Labute approximate surface area is 91.9 Å². The van der Waals surface area contributed by atoms with Crippen LogP contribution in [0.4, 0.5) is 0 Å². The summed E-state index contributed by atoms with van der Waals surface area (Å²) < 4.78 is 5.45. The number of hydrogen-bond acceptors (Lipinski definition) is 2. The molecule has 0 saturated heterocycles. The van der Waals surface area contributed by atoms with Gasteiger partial charge in [0.05, 0.1) is 13.2 Å². The fraction of sp³-hybridized carbons (Fsp3) is 0.462. The zero-order valence-electron chi connectivity index (χ0n) is 9.71. The third-order valence-electron chi connectivity index (χ3n) is 2.47. The van der Waals surface area contributed by atoms with E-state index in [9.17, 15) is 0 Å². The first-order valence-electron chi connectivity index (χ1n) is 5.42. The fourth-order valence-corrected chi connectivity index (χ4v) is 1.60. The Kier molecular flexibility index (Phi) is 4.63. The third kappa shape index (κ3) is 2.96. The summed E-state index contributed by atoms with van der Waals surface area (Å²) in [6, 6.07) is 6.06. The first kappa shape index (κ1) is 12.1. The van der Waals surface area contributed by atoms with Gasteiger partial charge in [-0.25, -0.2) is 0 Å². The van der Waals surface area contributed by atoms with Crippen LogP contribution in [0.3, 0.4) is 0 Å². The molecule has 0 heterocycles. The average molecular weight is 207 g/mol. The van der Waals surface area contributed by atoms with E-state index in [0.29, 0.717) is 6.61 Å². The second kappa shape index (κ2) is 5.76. The Bertz CT molecular complexity index is 307. The van der Waals surface area contributed by atoms with Gasteiger partial charge in [-0.15, -0.1) is 0 Å². The highest BCUT2D eigenvalue weighted by Crippen LogP contribution is 2.24. The number of aryl methyl sites for hydroxylation is 1. The van der Waals surface area contributed by atoms with Crippen LogP contribution in [-0.4, -0.2) is 18.3 Å². The van der Waals surface area contributed by atoms with Gasteiger partial charge < -0.3 is 9.84 Å². The summed E-state index contributed by atoms with van der Waals surface area (Å²) in [4.78, 5) is 0. The molecule has 0 aliphatic carbocycles. The van der Waals surface area contributed by atoms with Gasteiger partial charge in [-0.3, -0.25) is 0 Å². The van der Waals surface area contributed by atoms with Crippen LogP contribution < -0.4 is 4.74 Å². The van der Waals surface area contributed by atoms with Gasteiger partial charge in [-0.05, 0) is 36.6 Å². The summed E-state index contributed by atoms with van der Waals surface area (Å²) in [7, 11) is 0. The molecular formula is C13H19O2. The molecule has 2 nitrogen and oxygen atoms in total. The third-order valence-corrected chi connectivity index (χ3v) is 2.47. The van der Waals surface area contributed by atoms with Crippen molar-refractivity contribution in [1.82, 2.24) is 0 Å². The number of aliphatic hydroxyl groups is 1. The number of hydrogen-bond donors (Lipinski definition) is 1. The van der Waals surface area contributed by atoms with Gasteiger partial charge in [0.25, 0.3) is 0 Å². The van der Waals surface area contributed by atoms with Crippen molar-refractivity contribution >= 4 is 0 Å². The van der Waals surface area contributed by atoms with Crippen molar-refractivity contribution < 1.29 is 9.84 Å². The Balaban J connectivity index is 3.01. The first-order chi connectivity index (χ1) is 7.22. The summed E-state index contributed by atoms with van der Waals surface area (Å²) in [5.74, 6) is 1.87. The largest absolute Gasteiger partial charge is 0.494 e. The topological polar surface area (TPSA) is 29.5 Å². The van der Waals surface area contributed by atoms with E-state index in [1.54, 1.807) is 0 Å². The molecule has 1 rings (SSSR count). The van der Waals surface area contributed by atoms with E-state index in [1.807, 2.05) is 26.0 Å². The minimum Gasteiger partial charge on any atom is -0.494 e. The summed E-state index contributed by atoms with van der Waals surface area (Å²) in [5, 5.41) is 9.15. The highest BCUT2D eigenvalue weighted by atomic mass is 16.5. The van der Waals surface area contributed by atoms with Crippen LogP contribution in [0.1, 0.15) is 31.9 Å². The lowest BCUT2D eigenvalue weighted by Gasteiger charge is -2.14. The number of benzene rings is 1. The van der Waals surface area contributed by atoms with Crippen molar-refractivity contribution in [3.63, 3.8) is 0 Å². The highest BCUT2D eigenvalue weighted by molar-refractivity contribution is 5.43. The monoisotopic (exact) mass is 207 g/mol. The SMILES string of the molecule is CCOc1ccc(CC)c([C](C)CO)c1. The average Bonchev–Trinajstić information content (AvgIpc) is 2.28. The molecule has 0 aromatic heterocycles. The summed E-state index contributed by atoms with van der Waals surface area (Å²) in [6.45, 7) is 6.80. The van der Waals surface area contributed by atoms with Crippen molar-refractivity contribution in [1.29, 1.82) is 0 Å². The molecule has 0 aliphatic rings. The van der Waals surface area contributed by atoms with Gasteiger partial charge in [0, 0.05) is 5.92 Å². The van der Waals surface area contributed by atoms with Crippen LogP contribution in [0.15, 0.2) is 18.2 Å². The quantitative estimate of drug-likeness (QED) is 0.804. The van der Waals surface area contributed by atoms with E-state index in [4.69, 9.17) is 9.84 Å². The second-order valence-electron chi connectivity index (χ2n) is 3.54. The molecule has 0 unspecified atom stereocenters. The molecule has 0 aliphatic heterocycles. The van der Waals surface area contributed by atoms with Crippen molar-refractivity contribution in [2.45, 2.75) is 27.2 Å². The van der Waals surface area contributed by atoms with E-state index < -0.39 is 0 Å². The first-order valence-corrected chi connectivity index (χ1v) is 5.42. The van der Waals surface area contributed by atoms with Crippen LogP contribution >= 0.6 is 0 Å². The second-order valence-corrected chi connectivity index (χ2v) is 3.54. The van der Waals surface area contributed by atoms with Gasteiger partial charge in [0.2, 0.25) is 0 Å². The van der Waals surface area contributed by atoms with Crippen molar-refractivity contribution in [3.8, 4) is 5.75 Å². The number of aliphatic hydroxyl groups excluding tert-OH is 1. The molecule has 1 radical (unpaired) electrons. The molecule has 15 heavy (non-hydrogen) atoms. The zero-order valence-corrected chi connectivity index (χ0v) is 9.71. The van der Waals surface area contributed by atoms with Gasteiger partial charge in [-0.1, -0.05) is 19.9 Å². The van der Waals surface area contributed by atoms with Crippen LogP contribution in [-0.2, 0) is 6.42 Å². The number of rotatable bonds is 5. The molecule has 0 saturated carbocycles. The molecular weight excluding hydrogens is 188 g/mol. The van der Waals surface area contributed by atoms with E-state index >= 15 is 0 Å². The normalized spacial score (nSPS) is 10.7. The lowest BCUT2D eigenvalue weighted by molar-refractivity contribution is 0.314. The van der Waals surface area contributed by atoms with Crippen molar-refractivity contribution in [2.75, 3.05) is 13.2 Å². The maximum absolute atomic E-state index is 9.15. The minimum atomic E-state index is 0.0998. The van der Waals surface area contributed by atoms with Gasteiger partial charge in [-0.2, -0.15) is 0 Å². The molecule has 0 spiro atoms. The van der Waals surface area contributed by atoms with Gasteiger partial charge in [0.15, 0.2) is 0 Å². The predicted octanol–water partition coefficient (Wildman–Crippen LogP) is 2.58. The van der Waals surface area contributed by atoms with Crippen LogP contribution in [0.25, 0.3) is 0 Å². The van der Waals surface area contributed by atoms with E-state index in [1.165, 1.54) is 5.56 Å². The minimum absolute atomic E-state index is 0.0998. The maximum Gasteiger partial charge on any atom is 0.119 e. The molecule has 1 aromatic carbocycles. The fourth-order valence-electron chi connectivity index (χ4n) is 1.60. The number of ether oxygens (including phenoxy) is 1. The standard InChI is InChI=1S/C13H19O2/c1-4-11-6-7-12(15-5-2)8-13(11)10(3)9-14/h6-8,14H,4-5,9H2,1-3H3. The highest BCUT2D eigenvalue weighted by Gasteiger charge is 2.10. The van der Waals surface area contributed by atoms with E-state index in [0.717, 1.165) is 23.7 Å². The predicted molar refractivity (Wildman–Crippen MR) is 62.1 cm³/mol. The molecule has 2 heteroatoms. The summed E-state index contributed by atoms with van der Waals surface area (Å²) in [6.07, 6.45) is 0.971. The molecule has 0 amide bonds. The van der Waals surface area contributed by atoms with Gasteiger partial charge >= 0.3 is 0 Å². The van der Waals surface area contributed by atoms with E-state index in [2.05, 4.69) is 13.0 Å². The van der Waals surface area contributed by atoms with Crippen LogP contribution in [0, 0.1) is 5.92 Å². The molecule has 1 aromatic rings. The van der Waals surface area contributed by atoms with Crippen LogP contribution in [0.5, 0.6) is 5.75 Å². The maximum atomic E-state index is 9.15. The zero-order chi connectivity index (χ0) is 11.3. The molecule has 0 bridgehead atoms. The Morgan fingerprint density at radius 2 is 2.07 bits per heavy atom. The van der Waals surface area contributed by atoms with Crippen LogP contribution in [0.2, 0.25) is 0 Å². The molecule has 0 atom stereocenters. The van der Waals surface area contributed by atoms with Crippen molar-refractivity contribution in [2.24, 2.45) is 0 Å². The smallest absolute Gasteiger partial charge is 0.119 e. The van der Waals surface area contributed by atoms with E-state index in [-0.39, 0.29) is 6.61 Å². The molecule has 0 fully saturated rings. The summed E-state index contributed by atoms with van der Waals surface area (Å²) in [5.41, 5.74) is 2.37. The lowest BCUT2D eigenvalue weighted by atomic mass is 9.94. The Morgan fingerprint density at radius 3 is 2.60 bits per heavy atom. The Hall–Kier alpha value is -1.02. The summed E-state index contributed by atoms with van der Waals surface area (Å²) >= 11 is 0. The molecule has 83 valence electrons. The van der Waals surface area contributed by atoms with Gasteiger partial charge in [0.1, 0.15) is 5.75 Å². The lowest BCUT2D eigenvalue weighted by Crippen LogP contribution is -2.05. The Morgan fingerprint density at radius 1 is 1.33 bits per heavy atom. The van der Waals surface area contributed by atoms with Crippen molar-refractivity contribution in [3.05, 3.63) is 35.2 Å². The molecule has 1 N–H and O–H groups in total.